The Balaban J connectivity index is 2.05. The Morgan fingerprint density at radius 3 is 2.17 bits per heavy atom. The molecule has 0 aliphatic carbocycles. The predicted octanol–water partition coefficient (Wildman–Crippen LogP) is 1.45. The van der Waals surface area contributed by atoms with Crippen LogP contribution < -0.4 is 0 Å². The highest BCUT2D eigenvalue weighted by atomic mass is 32.2. The molecule has 1 atom stereocenters. The van der Waals surface area contributed by atoms with Crippen LogP contribution in [0.25, 0.3) is 0 Å². The summed E-state index contributed by atoms with van der Waals surface area (Å²) in [5, 5.41) is 9.49. The first kappa shape index (κ1) is 17.9. The second-order valence-corrected chi connectivity index (χ2v) is 7.98. The van der Waals surface area contributed by atoms with Crippen LogP contribution in [-0.2, 0) is 10.2 Å². The third kappa shape index (κ3) is 3.90. The standard InChI is InChI=1S/C16H24N4O2S/c1-14(2)18(3)23(21,22)20-11-9-19(10-12-20)16(13-17)15-7-5-4-6-8-15/h4-8,14,16H,9-12H2,1-3H3/t16-/m1/s1. The summed E-state index contributed by atoms with van der Waals surface area (Å²) in [4.78, 5) is 2.04. The maximum Gasteiger partial charge on any atom is 0.282 e. The molecule has 23 heavy (non-hydrogen) atoms. The minimum atomic E-state index is -3.42. The highest BCUT2D eigenvalue weighted by Crippen LogP contribution is 2.22. The minimum absolute atomic E-state index is 0.0748. The molecule has 1 aromatic carbocycles. The first-order chi connectivity index (χ1) is 10.9. The largest absolute Gasteiger partial charge is 0.282 e. The van der Waals surface area contributed by atoms with Crippen molar-refractivity contribution in [2.24, 2.45) is 0 Å². The van der Waals surface area contributed by atoms with E-state index in [2.05, 4.69) is 6.07 Å². The van der Waals surface area contributed by atoms with Crippen molar-refractivity contribution >= 4 is 10.2 Å². The van der Waals surface area contributed by atoms with Crippen molar-refractivity contribution < 1.29 is 8.42 Å². The van der Waals surface area contributed by atoms with Gasteiger partial charge in [0, 0.05) is 39.3 Å². The summed E-state index contributed by atoms with van der Waals surface area (Å²) in [6, 6.07) is 11.5. The number of nitrogens with zero attached hydrogens (tertiary/aromatic N) is 4. The topological polar surface area (TPSA) is 67.7 Å². The van der Waals surface area contributed by atoms with E-state index in [4.69, 9.17) is 0 Å². The molecule has 0 unspecified atom stereocenters. The summed E-state index contributed by atoms with van der Waals surface area (Å²) < 4.78 is 27.9. The molecule has 1 heterocycles. The fourth-order valence-electron chi connectivity index (χ4n) is 2.64. The molecule has 7 heteroatoms. The summed E-state index contributed by atoms with van der Waals surface area (Å²) in [6.07, 6.45) is 0. The van der Waals surface area contributed by atoms with Crippen LogP contribution in [0.5, 0.6) is 0 Å². The second kappa shape index (κ2) is 7.41. The van der Waals surface area contributed by atoms with Crippen molar-refractivity contribution in [3.05, 3.63) is 35.9 Å². The summed E-state index contributed by atoms with van der Waals surface area (Å²) in [5.74, 6) is 0. The first-order valence-corrected chi connectivity index (χ1v) is 9.19. The number of nitriles is 1. The molecule has 1 aromatic rings. The molecule has 0 aromatic heterocycles. The average molecular weight is 336 g/mol. The molecule has 1 saturated heterocycles. The van der Waals surface area contributed by atoms with Gasteiger partial charge in [0.1, 0.15) is 6.04 Å². The second-order valence-electron chi connectivity index (χ2n) is 6.00. The number of piperazine rings is 1. The van der Waals surface area contributed by atoms with Gasteiger partial charge in [-0.05, 0) is 19.4 Å². The Kier molecular flexibility index (Phi) is 5.76. The molecule has 0 spiro atoms. The van der Waals surface area contributed by atoms with Gasteiger partial charge < -0.3 is 0 Å². The van der Waals surface area contributed by atoms with Crippen molar-refractivity contribution in [1.82, 2.24) is 13.5 Å². The molecule has 1 aliphatic heterocycles. The molecule has 0 N–H and O–H groups in total. The molecule has 0 bridgehead atoms. The lowest BCUT2D eigenvalue weighted by atomic mass is 10.1. The lowest BCUT2D eigenvalue weighted by molar-refractivity contribution is 0.157. The zero-order valence-electron chi connectivity index (χ0n) is 13.9. The van der Waals surface area contributed by atoms with E-state index in [1.54, 1.807) is 7.05 Å². The maximum atomic E-state index is 12.5. The van der Waals surface area contributed by atoms with Crippen molar-refractivity contribution in [3.8, 4) is 6.07 Å². The zero-order chi connectivity index (χ0) is 17.0. The van der Waals surface area contributed by atoms with Crippen LogP contribution >= 0.6 is 0 Å². The minimum Gasteiger partial charge on any atom is -0.282 e. The molecular weight excluding hydrogens is 312 g/mol. The van der Waals surface area contributed by atoms with Gasteiger partial charge in [-0.1, -0.05) is 30.3 Å². The highest BCUT2D eigenvalue weighted by Gasteiger charge is 2.33. The van der Waals surface area contributed by atoms with Crippen molar-refractivity contribution in [2.45, 2.75) is 25.9 Å². The van der Waals surface area contributed by atoms with Crippen LogP contribution in [0, 0.1) is 11.3 Å². The molecule has 0 amide bonds. The predicted molar refractivity (Wildman–Crippen MR) is 89.8 cm³/mol. The third-order valence-corrected chi connectivity index (χ3v) is 6.46. The highest BCUT2D eigenvalue weighted by molar-refractivity contribution is 7.86. The van der Waals surface area contributed by atoms with Gasteiger partial charge in [-0.3, -0.25) is 4.90 Å². The Morgan fingerprint density at radius 1 is 1.13 bits per heavy atom. The number of hydrogen-bond donors (Lipinski definition) is 0. The number of benzene rings is 1. The van der Waals surface area contributed by atoms with Crippen molar-refractivity contribution in [2.75, 3.05) is 33.2 Å². The van der Waals surface area contributed by atoms with Crippen LogP contribution in [0.3, 0.4) is 0 Å². The Labute approximate surface area is 139 Å². The molecule has 6 nitrogen and oxygen atoms in total. The van der Waals surface area contributed by atoms with Gasteiger partial charge in [-0.25, -0.2) is 0 Å². The molecule has 0 saturated carbocycles. The molecule has 1 aliphatic rings. The summed E-state index contributed by atoms with van der Waals surface area (Å²) in [6.45, 7) is 5.63. The summed E-state index contributed by atoms with van der Waals surface area (Å²) in [5.41, 5.74) is 0.950. The first-order valence-electron chi connectivity index (χ1n) is 7.79. The van der Waals surface area contributed by atoms with Gasteiger partial charge in [0.05, 0.1) is 6.07 Å². The van der Waals surface area contributed by atoms with Gasteiger partial charge in [-0.15, -0.1) is 0 Å². The van der Waals surface area contributed by atoms with Crippen LogP contribution in [0.2, 0.25) is 0 Å². The molecule has 2 rings (SSSR count). The van der Waals surface area contributed by atoms with Gasteiger partial charge in [0.15, 0.2) is 0 Å². The third-order valence-electron chi connectivity index (χ3n) is 4.29. The fraction of sp³-hybridized carbons (Fsp3) is 0.562. The molecule has 126 valence electrons. The van der Waals surface area contributed by atoms with E-state index >= 15 is 0 Å². The lowest BCUT2D eigenvalue weighted by Gasteiger charge is -2.38. The van der Waals surface area contributed by atoms with Crippen LogP contribution in [0.15, 0.2) is 30.3 Å². The van der Waals surface area contributed by atoms with Crippen molar-refractivity contribution in [1.29, 1.82) is 5.26 Å². The van der Waals surface area contributed by atoms with E-state index in [1.165, 1.54) is 8.61 Å². The van der Waals surface area contributed by atoms with E-state index in [-0.39, 0.29) is 12.1 Å². The fourth-order valence-corrected chi connectivity index (χ4v) is 4.17. The van der Waals surface area contributed by atoms with Crippen LogP contribution in [-0.4, -0.2) is 61.2 Å². The molecular formula is C16H24N4O2S. The smallest absolute Gasteiger partial charge is 0.282 e. The number of hydrogen-bond acceptors (Lipinski definition) is 4. The Morgan fingerprint density at radius 2 is 1.70 bits per heavy atom. The van der Waals surface area contributed by atoms with Crippen molar-refractivity contribution in [3.63, 3.8) is 0 Å². The van der Waals surface area contributed by atoms with Crippen LogP contribution in [0.4, 0.5) is 0 Å². The van der Waals surface area contributed by atoms with E-state index in [0.29, 0.717) is 26.2 Å². The van der Waals surface area contributed by atoms with Gasteiger partial charge >= 0.3 is 0 Å². The summed E-state index contributed by atoms with van der Waals surface area (Å²) >= 11 is 0. The van der Waals surface area contributed by atoms with Gasteiger partial charge in [0.2, 0.25) is 0 Å². The van der Waals surface area contributed by atoms with Gasteiger partial charge in [-0.2, -0.15) is 22.3 Å². The zero-order valence-corrected chi connectivity index (χ0v) is 14.7. The average Bonchev–Trinajstić information content (AvgIpc) is 2.56. The Hall–Kier alpha value is -1.46. The van der Waals surface area contributed by atoms with Gasteiger partial charge in [0.25, 0.3) is 10.2 Å². The van der Waals surface area contributed by atoms with E-state index in [0.717, 1.165) is 5.56 Å². The monoisotopic (exact) mass is 336 g/mol. The van der Waals surface area contributed by atoms with E-state index in [1.807, 2.05) is 49.1 Å². The quantitative estimate of drug-likeness (QED) is 0.816. The number of rotatable bonds is 5. The Bertz CT molecular complexity index is 646. The van der Waals surface area contributed by atoms with E-state index in [9.17, 15) is 13.7 Å². The molecule has 0 radical (unpaired) electrons. The summed E-state index contributed by atoms with van der Waals surface area (Å²) in [7, 11) is -1.82. The van der Waals surface area contributed by atoms with E-state index < -0.39 is 10.2 Å². The normalized spacial score (nSPS) is 19.0. The molecule has 1 fully saturated rings. The SMILES string of the molecule is CC(C)N(C)S(=O)(=O)N1CCN([C@H](C#N)c2ccccc2)CC1. The maximum absolute atomic E-state index is 12.5. The van der Waals surface area contributed by atoms with Crippen LogP contribution in [0.1, 0.15) is 25.5 Å². The lowest BCUT2D eigenvalue weighted by Crippen LogP contribution is -2.53.